The quantitative estimate of drug-likeness (QED) is 0.627. The summed E-state index contributed by atoms with van der Waals surface area (Å²) < 4.78 is 28.0. The molecule has 2 aromatic heterocycles. The van der Waals surface area contributed by atoms with Crippen molar-refractivity contribution in [1.29, 1.82) is 0 Å². The molecule has 0 saturated heterocycles. The number of benzene rings is 1. The summed E-state index contributed by atoms with van der Waals surface area (Å²) in [6, 6.07) is 10.8. The first-order valence-corrected chi connectivity index (χ1v) is 5.14. The van der Waals surface area contributed by atoms with Crippen LogP contribution in [0.4, 0.5) is 8.78 Å². The second-order valence-electron chi connectivity index (χ2n) is 3.72. The molecular weight excluding hydrogens is 222 g/mol. The van der Waals surface area contributed by atoms with Crippen LogP contribution in [0.5, 0.6) is 0 Å². The lowest BCUT2D eigenvalue weighted by Gasteiger charge is -1.98. The van der Waals surface area contributed by atoms with Gasteiger partial charge in [0, 0.05) is 17.8 Å². The number of nitrogens with zero attached hydrogens (tertiary/aromatic N) is 2. The molecule has 0 aliphatic heterocycles. The van der Waals surface area contributed by atoms with Crippen LogP contribution >= 0.6 is 0 Å². The third-order valence-corrected chi connectivity index (χ3v) is 2.58. The van der Waals surface area contributed by atoms with E-state index in [-0.39, 0.29) is 0 Å². The molecule has 0 spiro atoms. The van der Waals surface area contributed by atoms with Crippen LogP contribution in [-0.2, 0) is 0 Å². The van der Waals surface area contributed by atoms with Crippen LogP contribution in [0.2, 0.25) is 0 Å². The third-order valence-electron chi connectivity index (χ3n) is 2.58. The van der Waals surface area contributed by atoms with Crippen LogP contribution in [-0.4, -0.2) is 9.61 Å². The zero-order chi connectivity index (χ0) is 11.8. The predicted molar refractivity (Wildman–Crippen MR) is 60.5 cm³/mol. The molecular formula is C13H8F2N2. The van der Waals surface area contributed by atoms with Gasteiger partial charge in [-0.2, -0.15) is 5.10 Å². The Morgan fingerprint density at radius 3 is 2.65 bits per heavy atom. The van der Waals surface area contributed by atoms with Crippen molar-refractivity contribution in [2.45, 2.75) is 0 Å². The van der Waals surface area contributed by atoms with Gasteiger partial charge >= 0.3 is 0 Å². The van der Waals surface area contributed by atoms with E-state index in [0.29, 0.717) is 11.3 Å². The molecule has 0 bridgehead atoms. The summed E-state index contributed by atoms with van der Waals surface area (Å²) in [5.41, 5.74) is 1.66. The number of rotatable bonds is 1. The Balaban J connectivity index is 2.20. The van der Waals surface area contributed by atoms with Gasteiger partial charge in [-0.1, -0.05) is 6.07 Å². The third kappa shape index (κ3) is 1.67. The van der Waals surface area contributed by atoms with Crippen molar-refractivity contribution < 1.29 is 8.78 Å². The molecule has 0 radical (unpaired) electrons. The van der Waals surface area contributed by atoms with Crippen molar-refractivity contribution >= 4 is 5.52 Å². The number of hydrogen-bond donors (Lipinski definition) is 0. The minimum absolute atomic E-state index is 0.301. The Bertz CT molecular complexity index is 656. The molecule has 1 aromatic carbocycles. The van der Waals surface area contributed by atoms with Crippen molar-refractivity contribution in [3.05, 3.63) is 60.3 Å². The molecule has 0 atom stereocenters. The van der Waals surface area contributed by atoms with Crippen LogP contribution < -0.4 is 0 Å². The monoisotopic (exact) mass is 230 g/mol. The molecule has 0 fully saturated rings. The number of aromatic nitrogens is 2. The number of halogens is 2. The van der Waals surface area contributed by atoms with Crippen molar-refractivity contribution in [3.8, 4) is 11.3 Å². The zero-order valence-corrected chi connectivity index (χ0v) is 8.77. The van der Waals surface area contributed by atoms with Crippen molar-refractivity contribution in [2.75, 3.05) is 0 Å². The smallest absolute Gasteiger partial charge is 0.135 e. The summed E-state index contributed by atoms with van der Waals surface area (Å²) >= 11 is 0. The van der Waals surface area contributed by atoms with E-state index in [1.165, 1.54) is 12.1 Å². The zero-order valence-electron chi connectivity index (χ0n) is 8.77. The highest BCUT2D eigenvalue weighted by Gasteiger charge is 2.09. The fourth-order valence-electron chi connectivity index (χ4n) is 1.77. The molecule has 0 saturated carbocycles. The lowest BCUT2D eigenvalue weighted by Crippen LogP contribution is -1.88. The Hall–Kier alpha value is -2.23. The molecule has 0 aliphatic rings. The van der Waals surface area contributed by atoms with Gasteiger partial charge in [-0.15, -0.1) is 0 Å². The maximum atomic E-state index is 13.6. The standard InChI is InChI=1S/C13H8F2N2/c14-9-4-5-11(12(15)7-9)13-8-10-3-1-2-6-17(10)16-13/h1-8H. The van der Waals surface area contributed by atoms with Gasteiger partial charge in [-0.25, -0.2) is 13.3 Å². The first-order chi connectivity index (χ1) is 8.24. The number of hydrogen-bond acceptors (Lipinski definition) is 1. The normalized spacial score (nSPS) is 10.9. The Morgan fingerprint density at radius 2 is 1.88 bits per heavy atom. The SMILES string of the molecule is Fc1ccc(-c2cc3ccccn3n2)c(F)c1. The van der Waals surface area contributed by atoms with E-state index in [9.17, 15) is 8.78 Å². The molecule has 0 aliphatic carbocycles. The average Bonchev–Trinajstić information content (AvgIpc) is 2.72. The van der Waals surface area contributed by atoms with Crippen LogP contribution in [0.3, 0.4) is 0 Å². The summed E-state index contributed by atoms with van der Waals surface area (Å²) in [4.78, 5) is 0. The summed E-state index contributed by atoms with van der Waals surface area (Å²) in [5, 5.41) is 4.23. The summed E-state index contributed by atoms with van der Waals surface area (Å²) in [6.45, 7) is 0. The highest BCUT2D eigenvalue weighted by Crippen LogP contribution is 2.23. The molecule has 3 rings (SSSR count). The van der Waals surface area contributed by atoms with E-state index >= 15 is 0 Å². The van der Waals surface area contributed by atoms with E-state index < -0.39 is 11.6 Å². The Labute approximate surface area is 96.1 Å². The molecule has 0 unspecified atom stereocenters. The van der Waals surface area contributed by atoms with Crippen LogP contribution in [0, 0.1) is 11.6 Å². The largest absolute Gasteiger partial charge is 0.240 e. The molecule has 3 aromatic rings. The maximum Gasteiger partial charge on any atom is 0.135 e. The van der Waals surface area contributed by atoms with Gasteiger partial charge in [0.1, 0.15) is 11.6 Å². The minimum Gasteiger partial charge on any atom is -0.240 e. The Kier molecular flexibility index (Phi) is 2.14. The summed E-state index contributed by atoms with van der Waals surface area (Å²) in [7, 11) is 0. The highest BCUT2D eigenvalue weighted by molar-refractivity contribution is 5.66. The lowest BCUT2D eigenvalue weighted by molar-refractivity contribution is 0.585. The van der Waals surface area contributed by atoms with Crippen molar-refractivity contribution in [1.82, 2.24) is 9.61 Å². The summed E-state index contributed by atoms with van der Waals surface area (Å²) in [5.74, 6) is -1.19. The first-order valence-electron chi connectivity index (χ1n) is 5.14. The average molecular weight is 230 g/mol. The predicted octanol–water partition coefficient (Wildman–Crippen LogP) is 3.28. The van der Waals surface area contributed by atoms with Crippen LogP contribution in [0.1, 0.15) is 0 Å². The molecule has 0 amide bonds. The first kappa shape index (κ1) is 9.96. The fraction of sp³-hybridized carbons (Fsp3) is 0. The molecule has 2 nitrogen and oxygen atoms in total. The Morgan fingerprint density at radius 1 is 1.00 bits per heavy atom. The van der Waals surface area contributed by atoms with E-state index in [0.717, 1.165) is 11.6 Å². The lowest BCUT2D eigenvalue weighted by atomic mass is 10.1. The van der Waals surface area contributed by atoms with Gasteiger partial charge in [-0.3, -0.25) is 0 Å². The molecule has 17 heavy (non-hydrogen) atoms. The second-order valence-corrected chi connectivity index (χ2v) is 3.72. The molecule has 84 valence electrons. The molecule has 4 heteroatoms. The van der Waals surface area contributed by atoms with Gasteiger partial charge in [0.2, 0.25) is 0 Å². The van der Waals surface area contributed by atoms with Crippen LogP contribution in [0.15, 0.2) is 48.7 Å². The topological polar surface area (TPSA) is 17.3 Å². The van der Waals surface area contributed by atoms with Gasteiger partial charge in [-0.05, 0) is 30.3 Å². The van der Waals surface area contributed by atoms with Crippen molar-refractivity contribution in [2.24, 2.45) is 0 Å². The van der Waals surface area contributed by atoms with Gasteiger partial charge in [0.25, 0.3) is 0 Å². The van der Waals surface area contributed by atoms with Gasteiger partial charge < -0.3 is 0 Å². The number of fused-ring (bicyclic) bond motifs is 1. The maximum absolute atomic E-state index is 13.6. The number of pyridine rings is 1. The highest BCUT2D eigenvalue weighted by atomic mass is 19.1. The molecule has 0 N–H and O–H groups in total. The van der Waals surface area contributed by atoms with E-state index in [2.05, 4.69) is 5.10 Å². The van der Waals surface area contributed by atoms with E-state index in [1.54, 1.807) is 16.8 Å². The van der Waals surface area contributed by atoms with Gasteiger partial charge in [0.05, 0.1) is 11.2 Å². The fourth-order valence-corrected chi connectivity index (χ4v) is 1.77. The van der Waals surface area contributed by atoms with E-state index in [1.807, 2.05) is 18.2 Å². The van der Waals surface area contributed by atoms with E-state index in [4.69, 9.17) is 0 Å². The van der Waals surface area contributed by atoms with Crippen molar-refractivity contribution in [3.63, 3.8) is 0 Å². The second kappa shape index (κ2) is 3.66. The van der Waals surface area contributed by atoms with Crippen LogP contribution in [0.25, 0.3) is 16.8 Å². The molecule has 2 heterocycles. The minimum atomic E-state index is -0.603. The van der Waals surface area contributed by atoms with Gasteiger partial charge in [0.15, 0.2) is 0 Å². The summed E-state index contributed by atoms with van der Waals surface area (Å²) in [6.07, 6.45) is 1.78.